The Hall–Kier alpha value is -3.20. The fraction of sp³-hybridized carbons (Fsp3) is 0.250. The van der Waals surface area contributed by atoms with Gasteiger partial charge in [0.15, 0.2) is 11.9 Å². The largest absolute Gasteiger partial charge is 0.479 e. The highest BCUT2D eigenvalue weighted by atomic mass is 19.1. The van der Waals surface area contributed by atoms with Gasteiger partial charge in [-0.05, 0) is 49.2 Å². The lowest BCUT2D eigenvalue weighted by Gasteiger charge is -2.15. The number of esters is 1. The number of carbonyl (C=O) groups excluding carboxylic acids is 2. The predicted octanol–water partition coefficient (Wildman–Crippen LogP) is 3.76. The van der Waals surface area contributed by atoms with Crippen molar-refractivity contribution in [3.8, 4) is 17.6 Å². The molecule has 0 N–H and O–H groups in total. The highest BCUT2D eigenvalue weighted by Crippen LogP contribution is 2.39. The van der Waals surface area contributed by atoms with Crippen molar-refractivity contribution >= 4 is 11.8 Å². The van der Waals surface area contributed by atoms with E-state index in [9.17, 15) is 14.0 Å². The Labute approximate surface area is 150 Å². The van der Waals surface area contributed by atoms with Gasteiger partial charge in [-0.15, -0.1) is 0 Å². The van der Waals surface area contributed by atoms with Crippen LogP contribution in [0.5, 0.6) is 11.5 Å². The Balaban J connectivity index is 1.76. The second kappa shape index (κ2) is 6.96. The van der Waals surface area contributed by atoms with Crippen LogP contribution in [0.25, 0.3) is 0 Å². The molecule has 0 heterocycles. The number of benzene rings is 2. The molecule has 0 aromatic heterocycles. The number of hydrogen-bond acceptors (Lipinski definition) is 5. The van der Waals surface area contributed by atoms with E-state index in [1.54, 1.807) is 31.2 Å². The third-order valence-corrected chi connectivity index (χ3v) is 4.26. The van der Waals surface area contributed by atoms with Crippen molar-refractivity contribution < 1.29 is 23.5 Å². The number of nitriles is 1. The van der Waals surface area contributed by atoms with Gasteiger partial charge in [0.05, 0.1) is 17.2 Å². The zero-order chi connectivity index (χ0) is 18.8. The van der Waals surface area contributed by atoms with Crippen molar-refractivity contribution in [2.45, 2.75) is 32.3 Å². The average Bonchev–Trinajstić information content (AvgIpc) is 2.93. The van der Waals surface area contributed by atoms with Crippen molar-refractivity contribution in [1.82, 2.24) is 0 Å². The summed E-state index contributed by atoms with van der Waals surface area (Å²) in [4.78, 5) is 24.4. The molecule has 0 radical (unpaired) electrons. The van der Waals surface area contributed by atoms with Crippen molar-refractivity contribution in [2.75, 3.05) is 0 Å². The second-order valence-electron chi connectivity index (χ2n) is 6.18. The van der Waals surface area contributed by atoms with Gasteiger partial charge < -0.3 is 9.47 Å². The summed E-state index contributed by atoms with van der Waals surface area (Å²) in [6.45, 7) is 3.27. The highest BCUT2D eigenvalue weighted by molar-refractivity contribution is 6.04. The number of halogens is 1. The molecular formula is C20H16FNO4. The van der Waals surface area contributed by atoms with Crippen LogP contribution in [0.1, 0.15) is 47.7 Å². The minimum Gasteiger partial charge on any atom is -0.479 e. The molecule has 0 saturated carbocycles. The summed E-state index contributed by atoms with van der Waals surface area (Å²) in [6.07, 6.45) is -0.754. The fourth-order valence-electron chi connectivity index (χ4n) is 2.96. The summed E-state index contributed by atoms with van der Waals surface area (Å²) < 4.78 is 24.8. The molecule has 0 bridgehead atoms. The number of ketones is 1. The third kappa shape index (κ3) is 3.29. The van der Waals surface area contributed by atoms with Crippen LogP contribution in [0, 0.1) is 17.1 Å². The molecule has 2 unspecified atom stereocenters. The molecule has 0 amide bonds. The lowest BCUT2D eigenvalue weighted by Crippen LogP contribution is -2.29. The maximum absolute atomic E-state index is 14.0. The maximum atomic E-state index is 14.0. The van der Waals surface area contributed by atoms with Crippen LogP contribution in [-0.4, -0.2) is 17.9 Å². The van der Waals surface area contributed by atoms with E-state index in [1.807, 2.05) is 6.07 Å². The highest BCUT2D eigenvalue weighted by Gasteiger charge is 2.33. The summed E-state index contributed by atoms with van der Waals surface area (Å²) in [5.74, 6) is -1.20. The van der Waals surface area contributed by atoms with Crippen molar-refractivity contribution in [3.05, 3.63) is 58.9 Å². The van der Waals surface area contributed by atoms with Gasteiger partial charge >= 0.3 is 5.97 Å². The van der Waals surface area contributed by atoms with E-state index in [1.165, 1.54) is 19.1 Å². The van der Waals surface area contributed by atoms with E-state index < -0.39 is 17.9 Å². The van der Waals surface area contributed by atoms with Gasteiger partial charge in [-0.25, -0.2) is 9.18 Å². The second-order valence-corrected chi connectivity index (χ2v) is 6.18. The summed E-state index contributed by atoms with van der Waals surface area (Å²) in [7, 11) is 0. The first-order valence-electron chi connectivity index (χ1n) is 8.14. The molecule has 0 fully saturated rings. The van der Waals surface area contributed by atoms with Crippen LogP contribution in [0.4, 0.5) is 4.39 Å². The topological polar surface area (TPSA) is 76.4 Å². The van der Waals surface area contributed by atoms with E-state index in [0.717, 1.165) is 0 Å². The first kappa shape index (κ1) is 17.6. The molecule has 2 aromatic rings. The van der Waals surface area contributed by atoms with Gasteiger partial charge in [-0.3, -0.25) is 4.79 Å². The van der Waals surface area contributed by atoms with Gasteiger partial charge in [-0.2, -0.15) is 5.26 Å². The van der Waals surface area contributed by atoms with E-state index >= 15 is 0 Å². The van der Waals surface area contributed by atoms with Crippen LogP contribution in [0.3, 0.4) is 0 Å². The van der Waals surface area contributed by atoms with Crippen molar-refractivity contribution in [2.24, 2.45) is 0 Å². The molecule has 6 heteroatoms. The Bertz CT molecular complexity index is 915. The predicted molar refractivity (Wildman–Crippen MR) is 90.6 cm³/mol. The molecule has 2 atom stereocenters. The van der Waals surface area contributed by atoms with Crippen molar-refractivity contribution in [3.63, 3.8) is 0 Å². The van der Waals surface area contributed by atoms with Crippen molar-refractivity contribution in [1.29, 1.82) is 5.26 Å². The zero-order valence-corrected chi connectivity index (χ0v) is 14.3. The maximum Gasteiger partial charge on any atom is 0.352 e. The minimum absolute atomic E-state index is 0.0519. The van der Waals surface area contributed by atoms with E-state index in [-0.39, 0.29) is 29.4 Å². The third-order valence-electron chi connectivity index (χ3n) is 4.26. The molecular weight excluding hydrogens is 337 g/mol. The quantitative estimate of drug-likeness (QED) is 0.618. The van der Waals surface area contributed by atoms with Gasteiger partial charge in [-0.1, -0.05) is 6.92 Å². The lowest BCUT2D eigenvalue weighted by molar-refractivity contribution is -0.141. The molecule has 5 nitrogen and oxygen atoms in total. The van der Waals surface area contributed by atoms with E-state index in [0.29, 0.717) is 16.9 Å². The van der Waals surface area contributed by atoms with Gasteiger partial charge in [0.2, 0.25) is 0 Å². The Kier molecular flexibility index (Phi) is 4.72. The Morgan fingerprint density at radius 3 is 2.62 bits per heavy atom. The van der Waals surface area contributed by atoms with E-state index in [4.69, 9.17) is 14.7 Å². The van der Waals surface area contributed by atoms with E-state index in [2.05, 4.69) is 0 Å². The average molecular weight is 353 g/mol. The first-order valence-corrected chi connectivity index (χ1v) is 8.14. The number of nitrogens with zero attached hydrogens (tertiary/aromatic N) is 1. The molecule has 0 spiro atoms. The normalized spacial score (nSPS) is 16.5. The van der Waals surface area contributed by atoms with Crippen LogP contribution < -0.4 is 9.47 Å². The molecule has 0 saturated heterocycles. The standard InChI is InChI=1S/C20H16FNO4/c1-11-9-16(23)19-17(8-7-15(21)18(11)19)26-20(24)12(2)25-14-5-3-13(10-22)4-6-14/h3-8,11-12H,9H2,1-2H3. The number of fused-ring (bicyclic) bond motifs is 1. The summed E-state index contributed by atoms with van der Waals surface area (Å²) in [5, 5.41) is 8.78. The summed E-state index contributed by atoms with van der Waals surface area (Å²) >= 11 is 0. The molecule has 0 aliphatic heterocycles. The molecule has 1 aliphatic carbocycles. The minimum atomic E-state index is -0.947. The smallest absolute Gasteiger partial charge is 0.352 e. The van der Waals surface area contributed by atoms with Gasteiger partial charge in [0.1, 0.15) is 17.3 Å². The number of rotatable bonds is 4. The van der Waals surface area contributed by atoms with Gasteiger partial charge in [0, 0.05) is 12.0 Å². The number of Topliss-reactive ketones (excluding diaryl/α,β-unsaturated/α-hetero) is 1. The van der Waals surface area contributed by atoms with Gasteiger partial charge in [0.25, 0.3) is 0 Å². The number of carbonyl (C=O) groups is 2. The number of hydrogen-bond donors (Lipinski definition) is 0. The molecule has 132 valence electrons. The van der Waals surface area contributed by atoms with Crippen LogP contribution in [0.15, 0.2) is 36.4 Å². The Morgan fingerprint density at radius 1 is 1.27 bits per heavy atom. The fourth-order valence-corrected chi connectivity index (χ4v) is 2.96. The zero-order valence-electron chi connectivity index (χ0n) is 14.3. The number of ether oxygens (including phenoxy) is 2. The van der Waals surface area contributed by atoms with Crippen LogP contribution in [0.2, 0.25) is 0 Å². The Morgan fingerprint density at radius 2 is 1.96 bits per heavy atom. The SMILES string of the molecule is CC(Oc1ccc(C#N)cc1)C(=O)Oc1ccc(F)c2c1C(=O)CC2C. The molecule has 26 heavy (non-hydrogen) atoms. The monoisotopic (exact) mass is 353 g/mol. The van der Waals surface area contributed by atoms with Crippen LogP contribution >= 0.6 is 0 Å². The molecule has 3 rings (SSSR count). The lowest BCUT2D eigenvalue weighted by atomic mass is 10.0. The summed E-state index contributed by atoms with van der Waals surface area (Å²) in [5.41, 5.74) is 0.902. The van der Waals surface area contributed by atoms with Crippen LogP contribution in [-0.2, 0) is 4.79 Å². The molecule has 2 aromatic carbocycles. The molecule has 1 aliphatic rings. The first-order chi connectivity index (χ1) is 12.4. The summed E-state index contributed by atoms with van der Waals surface area (Å²) in [6, 6.07) is 10.8.